The molecule has 0 saturated heterocycles. The Hall–Kier alpha value is -0.910. The highest BCUT2D eigenvalue weighted by Crippen LogP contribution is 2.22. The van der Waals surface area contributed by atoms with Gasteiger partial charge >= 0.3 is 0 Å². The topological polar surface area (TPSA) is 66.4 Å². The van der Waals surface area contributed by atoms with Gasteiger partial charge in [0, 0.05) is 6.54 Å². The molecule has 0 aromatic heterocycles. The first kappa shape index (κ1) is 17.1. The van der Waals surface area contributed by atoms with Crippen molar-refractivity contribution in [3.63, 3.8) is 0 Å². The monoisotopic (exact) mass is 299 g/mol. The summed E-state index contributed by atoms with van der Waals surface area (Å²) in [6.45, 7) is 8.26. The lowest BCUT2D eigenvalue weighted by atomic mass is 9.91. The van der Waals surface area contributed by atoms with Gasteiger partial charge in [-0.25, -0.2) is 13.1 Å². The highest BCUT2D eigenvalue weighted by molar-refractivity contribution is 7.89. The molecule has 0 bridgehead atoms. The second-order valence-electron chi connectivity index (χ2n) is 5.80. The lowest BCUT2D eigenvalue weighted by molar-refractivity contribution is 0.281. The van der Waals surface area contributed by atoms with Crippen molar-refractivity contribution in [2.75, 3.05) is 6.54 Å². The molecule has 114 valence electrons. The molecule has 1 rings (SSSR count). The number of sulfonamides is 1. The van der Waals surface area contributed by atoms with Gasteiger partial charge in [-0.05, 0) is 35.4 Å². The van der Waals surface area contributed by atoms with E-state index >= 15 is 0 Å². The lowest BCUT2D eigenvalue weighted by Gasteiger charge is -2.23. The Bertz CT molecular complexity index is 550. The Morgan fingerprint density at radius 2 is 1.90 bits per heavy atom. The molecule has 0 fully saturated rings. The van der Waals surface area contributed by atoms with Crippen LogP contribution in [0.2, 0.25) is 0 Å². The molecule has 0 radical (unpaired) electrons. The summed E-state index contributed by atoms with van der Waals surface area (Å²) in [6, 6.07) is 5.08. The SMILES string of the molecule is CCc1ccc(CO)cc1S(=O)(=O)NCC(C)(C)CC. The predicted molar refractivity (Wildman–Crippen MR) is 81.0 cm³/mol. The summed E-state index contributed by atoms with van der Waals surface area (Å²) in [5.41, 5.74) is 1.30. The molecule has 0 aliphatic rings. The van der Waals surface area contributed by atoms with Gasteiger partial charge in [0.1, 0.15) is 0 Å². The Kier molecular flexibility index (Phi) is 5.74. The zero-order valence-electron chi connectivity index (χ0n) is 12.7. The highest BCUT2D eigenvalue weighted by Gasteiger charge is 2.22. The van der Waals surface area contributed by atoms with Crippen LogP contribution in [-0.2, 0) is 23.1 Å². The van der Waals surface area contributed by atoms with Crippen molar-refractivity contribution in [3.8, 4) is 0 Å². The summed E-state index contributed by atoms with van der Waals surface area (Å²) in [5, 5.41) is 9.17. The second-order valence-corrected chi connectivity index (χ2v) is 7.53. The third-order valence-corrected chi connectivity index (χ3v) is 5.17. The average molecular weight is 299 g/mol. The van der Waals surface area contributed by atoms with Gasteiger partial charge in [0.2, 0.25) is 10.0 Å². The van der Waals surface area contributed by atoms with Crippen LogP contribution in [0.1, 0.15) is 45.2 Å². The maximum Gasteiger partial charge on any atom is 0.240 e. The van der Waals surface area contributed by atoms with Gasteiger partial charge < -0.3 is 5.11 Å². The molecule has 0 heterocycles. The Labute approximate surface area is 122 Å². The fourth-order valence-electron chi connectivity index (χ4n) is 1.73. The van der Waals surface area contributed by atoms with E-state index in [1.165, 1.54) is 0 Å². The van der Waals surface area contributed by atoms with Gasteiger partial charge in [-0.1, -0.05) is 39.8 Å². The lowest BCUT2D eigenvalue weighted by Crippen LogP contribution is -2.34. The zero-order valence-corrected chi connectivity index (χ0v) is 13.5. The van der Waals surface area contributed by atoms with Crippen LogP contribution in [0.25, 0.3) is 0 Å². The van der Waals surface area contributed by atoms with Gasteiger partial charge in [-0.3, -0.25) is 0 Å². The van der Waals surface area contributed by atoms with Crippen LogP contribution in [0.4, 0.5) is 0 Å². The first-order valence-electron chi connectivity index (χ1n) is 6.98. The van der Waals surface area contributed by atoms with Crippen molar-refractivity contribution >= 4 is 10.0 Å². The van der Waals surface area contributed by atoms with Crippen LogP contribution >= 0.6 is 0 Å². The summed E-state index contributed by atoms with van der Waals surface area (Å²) in [7, 11) is -3.54. The zero-order chi connectivity index (χ0) is 15.4. The van der Waals surface area contributed by atoms with Crippen LogP contribution in [0.15, 0.2) is 23.1 Å². The molecule has 4 nitrogen and oxygen atoms in total. The van der Waals surface area contributed by atoms with Crippen LogP contribution in [0, 0.1) is 5.41 Å². The van der Waals surface area contributed by atoms with Gasteiger partial charge in [-0.15, -0.1) is 0 Å². The second kappa shape index (κ2) is 6.70. The van der Waals surface area contributed by atoms with Crippen molar-refractivity contribution in [2.24, 2.45) is 5.41 Å². The number of hydrogen-bond donors (Lipinski definition) is 2. The summed E-state index contributed by atoms with van der Waals surface area (Å²) >= 11 is 0. The van der Waals surface area contributed by atoms with Crippen molar-refractivity contribution in [3.05, 3.63) is 29.3 Å². The molecule has 0 saturated carbocycles. The van der Waals surface area contributed by atoms with E-state index in [4.69, 9.17) is 0 Å². The summed E-state index contributed by atoms with van der Waals surface area (Å²) < 4.78 is 27.6. The number of nitrogens with one attached hydrogen (secondary N) is 1. The molecule has 0 aliphatic heterocycles. The number of aryl methyl sites for hydroxylation is 1. The molecule has 0 atom stereocenters. The van der Waals surface area contributed by atoms with E-state index in [0.717, 1.165) is 12.0 Å². The largest absolute Gasteiger partial charge is 0.392 e. The molecule has 1 aromatic carbocycles. The van der Waals surface area contributed by atoms with Gasteiger partial charge in [0.05, 0.1) is 11.5 Å². The summed E-state index contributed by atoms with van der Waals surface area (Å²) in [5.74, 6) is 0. The minimum Gasteiger partial charge on any atom is -0.392 e. The standard InChI is InChI=1S/C15H25NO3S/c1-5-13-8-7-12(10-17)9-14(13)20(18,19)16-11-15(3,4)6-2/h7-9,16-17H,5-6,10-11H2,1-4H3. The highest BCUT2D eigenvalue weighted by atomic mass is 32.2. The number of aliphatic hydroxyl groups is 1. The fourth-order valence-corrected chi connectivity index (χ4v) is 3.33. The van der Waals surface area contributed by atoms with Crippen molar-refractivity contribution in [1.82, 2.24) is 4.72 Å². The molecule has 0 unspecified atom stereocenters. The quantitative estimate of drug-likeness (QED) is 0.812. The van der Waals surface area contributed by atoms with E-state index in [2.05, 4.69) is 4.72 Å². The smallest absolute Gasteiger partial charge is 0.240 e. The van der Waals surface area contributed by atoms with Gasteiger partial charge in [-0.2, -0.15) is 0 Å². The Balaban J connectivity index is 3.08. The van der Waals surface area contributed by atoms with E-state index in [9.17, 15) is 13.5 Å². The van der Waals surface area contributed by atoms with Crippen LogP contribution < -0.4 is 4.72 Å². The number of rotatable bonds is 7. The number of aliphatic hydroxyl groups excluding tert-OH is 1. The van der Waals surface area contributed by atoms with Crippen molar-refractivity contribution in [2.45, 2.75) is 52.0 Å². The molecule has 0 spiro atoms. The molecule has 0 amide bonds. The van der Waals surface area contributed by atoms with Gasteiger partial charge in [0.15, 0.2) is 0 Å². The molecule has 0 aliphatic carbocycles. The summed E-state index contributed by atoms with van der Waals surface area (Å²) in [4.78, 5) is 0.276. The number of benzene rings is 1. The molecule has 2 N–H and O–H groups in total. The third-order valence-electron chi connectivity index (χ3n) is 3.68. The minimum atomic E-state index is -3.54. The molecule has 20 heavy (non-hydrogen) atoms. The Morgan fingerprint density at radius 1 is 1.25 bits per heavy atom. The van der Waals surface area contributed by atoms with Crippen molar-refractivity contribution < 1.29 is 13.5 Å². The molecule has 1 aromatic rings. The van der Waals surface area contributed by atoms with Crippen LogP contribution in [0.5, 0.6) is 0 Å². The predicted octanol–water partition coefficient (Wildman–Crippen LogP) is 2.46. The van der Waals surface area contributed by atoms with E-state index in [1.807, 2.05) is 27.7 Å². The van der Waals surface area contributed by atoms with E-state index in [-0.39, 0.29) is 16.9 Å². The molecular weight excluding hydrogens is 274 g/mol. The first-order valence-corrected chi connectivity index (χ1v) is 8.46. The van der Waals surface area contributed by atoms with Crippen molar-refractivity contribution in [1.29, 1.82) is 0 Å². The average Bonchev–Trinajstić information content (AvgIpc) is 2.44. The molecule has 5 heteroatoms. The fraction of sp³-hybridized carbons (Fsp3) is 0.600. The van der Waals surface area contributed by atoms with Gasteiger partial charge in [0.25, 0.3) is 0 Å². The van der Waals surface area contributed by atoms with E-state index < -0.39 is 10.0 Å². The van der Waals surface area contributed by atoms with E-state index in [1.54, 1.807) is 18.2 Å². The third kappa shape index (κ3) is 4.30. The normalized spacial score (nSPS) is 12.7. The maximum absolute atomic E-state index is 12.4. The maximum atomic E-state index is 12.4. The minimum absolute atomic E-state index is 0.0754. The van der Waals surface area contributed by atoms with Crippen LogP contribution in [0.3, 0.4) is 0 Å². The summed E-state index contributed by atoms with van der Waals surface area (Å²) in [6.07, 6.45) is 1.53. The molecular formula is C15H25NO3S. The first-order chi connectivity index (χ1) is 9.25. The Morgan fingerprint density at radius 3 is 2.40 bits per heavy atom. The number of hydrogen-bond acceptors (Lipinski definition) is 3. The van der Waals surface area contributed by atoms with Crippen LogP contribution in [-0.4, -0.2) is 20.1 Å². The van der Waals surface area contributed by atoms with E-state index in [0.29, 0.717) is 18.5 Å².